The number of nitrogens with zero attached hydrogens (tertiary/aromatic N) is 3. The number of halogens is 1. The lowest BCUT2D eigenvalue weighted by Crippen LogP contribution is -2.44. The lowest BCUT2D eigenvalue weighted by molar-refractivity contribution is 0.202. The molecule has 0 spiro atoms. The Balaban J connectivity index is 1.43. The summed E-state index contributed by atoms with van der Waals surface area (Å²) in [6, 6.07) is 12.4. The van der Waals surface area contributed by atoms with Crippen LogP contribution >= 0.6 is 15.9 Å². The van der Waals surface area contributed by atoms with Crippen LogP contribution in [0.3, 0.4) is 0 Å². The Morgan fingerprint density at radius 2 is 1.78 bits per heavy atom. The van der Waals surface area contributed by atoms with Gasteiger partial charge < -0.3 is 13.5 Å². The van der Waals surface area contributed by atoms with Gasteiger partial charge >= 0.3 is 10.1 Å². The number of anilines is 1. The van der Waals surface area contributed by atoms with Gasteiger partial charge in [0, 0.05) is 29.8 Å². The molecular weight excluding hydrogens is 574 g/mol. The molecule has 4 rings (SSSR count). The average molecular weight is 607 g/mol. The first-order valence-electron chi connectivity index (χ1n) is 12.1. The normalized spacial score (nSPS) is 16.7. The SMILES string of the molecule is CC(C)(C)[Si](C)(C)O[C@@H]1CCN(c2ccc(-n3ccc(OS(=O)(=O)c4ccc(Br)cc4)cc3=O)cn2)C1. The fourth-order valence-electron chi connectivity index (χ4n) is 3.84. The lowest BCUT2D eigenvalue weighted by atomic mass is 10.2. The molecule has 0 aliphatic carbocycles. The highest BCUT2D eigenvalue weighted by atomic mass is 79.9. The zero-order valence-electron chi connectivity index (χ0n) is 21.6. The number of benzene rings is 1. The number of hydrogen-bond donors (Lipinski definition) is 0. The molecule has 3 aromatic rings. The molecule has 1 aliphatic heterocycles. The number of aromatic nitrogens is 2. The molecule has 8 nitrogen and oxygen atoms in total. The predicted octanol–water partition coefficient (Wildman–Crippen LogP) is 5.36. The van der Waals surface area contributed by atoms with Crippen LogP contribution in [0.1, 0.15) is 27.2 Å². The Labute approximate surface area is 227 Å². The third-order valence-electron chi connectivity index (χ3n) is 6.95. The number of rotatable bonds is 7. The highest BCUT2D eigenvalue weighted by Crippen LogP contribution is 2.38. The van der Waals surface area contributed by atoms with Gasteiger partial charge in [-0.3, -0.25) is 9.36 Å². The van der Waals surface area contributed by atoms with E-state index in [1.807, 2.05) is 12.1 Å². The molecule has 3 heterocycles. The molecule has 0 unspecified atom stereocenters. The molecule has 37 heavy (non-hydrogen) atoms. The lowest BCUT2D eigenvalue weighted by Gasteiger charge is -2.38. The second kappa shape index (κ2) is 10.4. The molecule has 1 atom stereocenters. The van der Waals surface area contributed by atoms with E-state index in [-0.39, 0.29) is 21.8 Å². The fraction of sp³-hybridized carbons (Fsp3) is 0.385. The van der Waals surface area contributed by atoms with Crippen molar-refractivity contribution in [3.63, 3.8) is 0 Å². The van der Waals surface area contributed by atoms with Gasteiger partial charge in [0.25, 0.3) is 5.56 Å². The molecule has 1 fully saturated rings. The Morgan fingerprint density at radius 3 is 2.38 bits per heavy atom. The monoisotopic (exact) mass is 605 g/mol. The van der Waals surface area contributed by atoms with Gasteiger partial charge in [0.15, 0.2) is 8.32 Å². The van der Waals surface area contributed by atoms with Crippen molar-refractivity contribution in [3.8, 4) is 11.4 Å². The summed E-state index contributed by atoms with van der Waals surface area (Å²) < 4.78 is 38.9. The van der Waals surface area contributed by atoms with Gasteiger partial charge in [-0.2, -0.15) is 8.42 Å². The van der Waals surface area contributed by atoms with E-state index in [1.165, 1.54) is 29.0 Å². The summed E-state index contributed by atoms with van der Waals surface area (Å²) in [6.07, 6.45) is 4.26. The van der Waals surface area contributed by atoms with Gasteiger partial charge in [-0.05, 0) is 67.0 Å². The van der Waals surface area contributed by atoms with Crippen LogP contribution in [0.2, 0.25) is 18.1 Å². The smallest absolute Gasteiger partial charge is 0.339 e. The molecular formula is C26H32BrN3O5SSi. The number of pyridine rings is 2. The Hall–Kier alpha value is -2.47. The van der Waals surface area contributed by atoms with Gasteiger partial charge in [0.1, 0.15) is 16.5 Å². The molecule has 0 amide bonds. The van der Waals surface area contributed by atoms with Crippen LogP contribution in [0.25, 0.3) is 5.69 Å². The van der Waals surface area contributed by atoms with Crippen molar-refractivity contribution in [1.82, 2.24) is 9.55 Å². The Morgan fingerprint density at radius 1 is 1.08 bits per heavy atom. The summed E-state index contributed by atoms with van der Waals surface area (Å²) in [7, 11) is -5.89. The summed E-state index contributed by atoms with van der Waals surface area (Å²) in [5.41, 5.74) is 0.145. The maximum atomic E-state index is 12.7. The highest BCUT2D eigenvalue weighted by Gasteiger charge is 2.40. The van der Waals surface area contributed by atoms with Crippen molar-refractivity contribution in [1.29, 1.82) is 0 Å². The third kappa shape index (κ3) is 6.34. The minimum Gasteiger partial charge on any atom is -0.412 e. The molecule has 11 heteroatoms. The molecule has 0 radical (unpaired) electrons. The molecule has 1 aromatic carbocycles. The summed E-state index contributed by atoms with van der Waals surface area (Å²) in [4.78, 5) is 19.5. The standard InChI is InChI=1S/C26H32BrN3O5SSi/c1-26(2,3)37(4,5)35-22-12-14-29(18-22)24-11-8-20(17-28-24)30-15-13-21(16-25(30)31)34-36(32,33)23-9-6-19(27)7-10-23/h6-11,13,15-17,22H,12,14,18H2,1-5H3/t22-/m1/s1. The first kappa shape index (κ1) is 27.6. The second-order valence-corrected chi connectivity index (χ2v) is 17.9. The first-order valence-corrected chi connectivity index (χ1v) is 17.2. The maximum Gasteiger partial charge on any atom is 0.339 e. The molecule has 0 bridgehead atoms. The zero-order chi connectivity index (χ0) is 27.0. The van der Waals surface area contributed by atoms with Crippen molar-refractivity contribution in [2.45, 2.75) is 56.3 Å². The van der Waals surface area contributed by atoms with Gasteiger partial charge in [0.05, 0.1) is 18.0 Å². The van der Waals surface area contributed by atoms with Crippen molar-refractivity contribution in [3.05, 3.63) is 75.8 Å². The van der Waals surface area contributed by atoms with Crippen LogP contribution in [-0.2, 0) is 14.5 Å². The summed E-state index contributed by atoms with van der Waals surface area (Å²) >= 11 is 3.27. The van der Waals surface area contributed by atoms with Gasteiger partial charge in [0.2, 0.25) is 0 Å². The molecule has 1 saturated heterocycles. The van der Waals surface area contributed by atoms with Crippen LogP contribution in [0, 0.1) is 0 Å². The molecule has 0 N–H and O–H groups in total. The van der Waals surface area contributed by atoms with Gasteiger partial charge in [-0.1, -0.05) is 36.7 Å². The summed E-state index contributed by atoms with van der Waals surface area (Å²) in [6.45, 7) is 12.9. The van der Waals surface area contributed by atoms with Crippen LogP contribution in [0.15, 0.2) is 75.1 Å². The predicted molar refractivity (Wildman–Crippen MR) is 151 cm³/mol. The first-order chi connectivity index (χ1) is 17.2. The zero-order valence-corrected chi connectivity index (χ0v) is 25.0. The summed E-state index contributed by atoms with van der Waals surface area (Å²) in [5.74, 6) is 0.775. The van der Waals surface area contributed by atoms with Crippen molar-refractivity contribution >= 4 is 40.2 Å². The van der Waals surface area contributed by atoms with E-state index in [2.05, 4.69) is 59.7 Å². The van der Waals surface area contributed by atoms with E-state index in [0.29, 0.717) is 5.69 Å². The molecule has 2 aromatic heterocycles. The molecule has 0 saturated carbocycles. The highest BCUT2D eigenvalue weighted by molar-refractivity contribution is 9.10. The minimum atomic E-state index is -4.06. The van der Waals surface area contributed by atoms with Crippen LogP contribution in [-0.4, -0.2) is 45.5 Å². The van der Waals surface area contributed by atoms with E-state index in [0.717, 1.165) is 35.9 Å². The van der Waals surface area contributed by atoms with E-state index < -0.39 is 24.0 Å². The van der Waals surface area contributed by atoms with E-state index in [1.54, 1.807) is 18.3 Å². The Bertz CT molecular complexity index is 1420. The van der Waals surface area contributed by atoms with E-state index in [9.17, 15) is 13.2 Å². The molecule has 1 aliphatic rings. The van der Waals surface area contributed by atoms with Gasteiger partial charge in [-0.15, -0.1) is 0 Å². The van der Waals surface area contributed by atoms with Crippen molar-refractivity contribution in [2.24, 2.45) is 0 Å². The van der Waals surface area contributed by atoms with Crippen LogP contribution < -0.4 is 14.6 Å². The minimum absolute atomic E-state index is 0.00136. The quantitative estimate of drug-likeness (QED) is 0.264. The van der Waals surface area contributed by atoms with Crippen LogP contribution in [0.5, 0.6) is 5.75 Å². The van der Waals surface area contributed by atoms with E-state index >= 15 is 0 Å². The average Bonchev–Trinajstić information content (AvgIpc) is 3.26. The Kier molecular flexibility index (Phi) is 7.71. The number of hydrogen-bond acceptors (Lipinski definition) is 7. The third-order valence-corrected chi connectivity index (χ3v) is 13.3. The van der Waals surface area contributed by atoms with Crippen molar-refractivity contribution < 1.29 is 17.0 Å². The van der Waals surface area contributed by atoms with Crippen LogP contribution in [0.4, 0.5) is 5.82 Å². The maximum absolute atomic E-state index is 12.7. The van der Waals surface area contributed by atoms with Crippen molar-refractivity contribution in [2.75, 3.05) is 18.0 Å². The second-order valence-electron chi connectivity index (χ2n) is 10.7. The van der Waals surface area contributed by atoms with Gasteiger partial charge in [-0.25, -0.2) is 4.98 Å². The summed E-state index contributed by atoms with van der Waals surface area (Å²) in [5, 5.41) is 0.164. The largest absolute Gasteiger partial charge is 0.412 e. The molecule has 198 valence electrons. The topological polar surface area (TPSA) is 90.7 Å². The van der Waals surface area contributed by atoms with E-state index in [4.69, 9.17) is 8.61 Å². The fourth-order valence-corrected chi connectivity index (χ4v) is 6.40.